The van der Waals surface area contributed by atoms with Crippen LogP contribution in [0.15, 0.2) is 29.1 Å². The van der Waals surface area contributed by atoms with Gasteiger partial charge in [0.15, 0.2) is 0 Å². The number of rotatable bonds is 3. The number of likely N-dealkylation sites (tertiary alicyclic amines) is 1. The second-order valence-corrected chi connectivity index (χ2v) is 5.81. The largest absolute Gasteiger partial charge is 0.370 e. The number of H-pyrrole nitrogens is 1. The van der Waals surface area contributed by atoms with Crippen molar-refractivity contribution in [2.75, 3.05) is 13.1 Å². The van der Waals surface area contributed by atoms with Crippen LogP contribution in [0, 0.1) is 11.7 Å². The fraction of sp³-hybridized carbons (Fsp3) is 0.312. The molecular formula is C16H16FN3O3. The molecular weight excluding hydrogens is 301 g/mol. The number of amides is 2. The number of aromatic amines is 1. The maximum Gasteiger partial charge on any atom is 0.254 e. The normalized spacial score (nSPS) is 17.6. The molecule has 7 heteroatoms. The molecule has 0 saturated carbocycles. The van der Waals surface area contributed by atoms with Crippen LogP contribution in [0.1, 0.15) is 23.2 Å². The molecule has 2 amide bonds. The third-order valence-electron chi connectivity index (χ3n) is 4.10. The predicted molar refractivity (Wildman–Crippen MR) is 82.3 cm³/mol. The van der Waals surface area contributed by atoms with Gasteiger partial charge in [0.2, 0.25) is 11.5 Å². The second-order valence-electron chi connectivity index (χ2n) is 5.81. The molecule has 2 aromatic rings. The smallest absolute Gasteiger partial charge is 0.254 e. The zero-order valence-electron chi connectivity index (χ0n) is 12.3. The molecule has 120 valence electrons. The standard InChI is InChI=1S/C16H16FN3O3/c17-10-1-2-11-12(7-15(22)19-13(11)6-10)16(23)20-4-3-9(8-20)5-14(18)21/h1-2,6-7,9H,3-5,8H2,(H2,18,21)(H,19,22). The topological polar surface area (TPSA) is 96.3 Å². The Hall–Kier alpha value is -2.70. The quantitative estimate of drug-likeness (QED) is 0.884. The average molecular weight is 317 g/mol. The van der Waals surface area contributed by atoms with Gasteiger partial charge in [-0.15, -0.1) is 0 Å². The lowest BCUT2D eigenvalue weighted by Gasteiger charge is -2.17. The second kappa shape index (κ2) is 5.83. The van der Waals surface area contributed by atoms with Crippen molar-refractivity contribution in [1.29, 1.82) is 0 Å². The molecule has 1 aliphatic heterocycles. The number of primary amides is 1. The SMILES string of the molecule is NC(=O)CC1CCN(C(=O)c2cc(=O)[nH]c3cc(F)ccc23)C1. The monoisotopic (exact) mass is 317 g/mol. The zero-order valence-corrected chi connectivity index (χ0v) is 12.3. The summed E-state index contributed by atoms with van der Waals surface area (Å²) in [5.41, 5.74) is 5.26. The van der Waals surface area contributed by atoms with Gasteiger partial charge in [0.25, 0.3) is 5.91 Å². The molecule has 1 aromatic carbocycles. The van der Waals surface area contributed by atoms with Crippen molar-refractivity contribution in [3.63, 3.8) is 0 Å². The number of nitrogens with zero attached hydrogens (tertiary/aromatic N) is 1. The Kier molecular flexibility index (Phi) is 3.85. The van der Waals surface area contributed by atoms with E-state index in [9.17, 15) is 18.8 Å². The Balaban J connectivity index is 1.93. The maximum absolute atomic E-state index is 13.3. The van der Waals surface area contributed by atoms with E-state index in [1.165, 1.54) is 24.3 Å². The van der Waals surface area contributed by atoms with Crippen LogP contribution >= 0.6 is 0 Å². The van der Waals surface area contributed by atoms with Crippen LogP contribution in [0.3, 0.4) is 0 Å². The van der Waals surface area contributed by atoms with Gasteiger partial charge in [-0.05, 0) is 30.5 Å². The summed E-state index contributed by atoms with van der Waals surface area (Å²) in [6, 6.07) is 5.14. The molecule has 1 unspecified atom stereocenters. The van der Waals surface area contributed by atoms with Crippen LogP contribution in [0.5, 0.6) is 0 Å². The van der Waals surface area contributed by atoms with Gasteiger partial charge in [0, 0.05) is 31.0 Å². The van der Waals surface area contributed by atoms with Gasteiger partial charge in [-0.3, -0.25) is 14.4 Å². The van der Waals surface area contributed by atoms with Crippen LogP contribution in [-0.4, -0.2) is 34.8 Å². The van der Waals surface area contributed by atoms with Crippen molar-refractivity contribution in [3.8, 4) is 0 Å². The summed E-state index contributed by atoms with van der Waals surface area (Å²) < 4.78 is 13.3. The Bertz CT molecular complexity index is 846. The molecule has 1 atom stereocenters. The summed E-state index contributed by atoms with van der Waals surface area (Å²) in [6.07, 6.45) is 0.940. The van der Waals surface area contributed by atoms with Crippen LogP contribution in [0.2, 0.25) is 0 Å². The van der Waals surface area contributed by atoms with E-state index in [-0.39, 0.29) is 35.2 Å². The molecule has 3 rings (SSSR count). The molecule has 0 aliphatic carbocycles. The van der Waals surface area contributed by atoms with Gasteiger partial charge in [0.1, 0.15) is 5.82 Å². The molecule has 0 bridgehead atoms. The van der Waals surface area contributed by atoms with Gasteiger partial charge in [-0.25, -0.2) is 4.39 Å². The summed E-state index contributed by atoms with van der Waals surface area (Å²) in [5, 5.41) is 0.495. The van der Waals surface area contributed by atoms with Crippen molar-refractivity contribution in [1.82, 2.24) is 9.88 Å². The Morgan fingerprint density at radius 3 is 2.87 bits per heavy atom. The first kappa shape index (κ1) is 15.2. The fourth-order valence-electron chi connectivity index (χ4n) is 3.05. The van der Waals surface area contributed by atoms with Crippen molar-refractivity contribution < 1.29 is 14.0 Å². The number of aromatic nitrogens is 1. The minimum absolute atomic E-state index is 0.0437. The highest BCUT2D eigenvalue weighted by molar-refractivity contribution is 6.06. The van der Waals surface area contributed by atoms with E-state index in [1.54, 1.807) is 4.90 Å². The lowest BCUT2D eigenvalue weighted by molar-refractivity contribution is -0.118. The Morgan fingerprint density at radius 2 is 2.13 bits per heavy atom. The van der Waals surface area contributed by atoms with Gasteiger partial charge in [-0.1, -0.05) is 0 Å². The van der Waals surface area contributed by atoms with Crippen LogP contribution < -0.4 is 11.3 Å². The van der Waals surface area contributed by atoms with Gasteiger partial charge in [-0.2, -0.15) is 0 Å². The minimum atomic E-state index is -0.486. The number of pyridine rings is 1. The van der Waals surface area contributed by atoms with E-state index in [2.05, 4.69) is 4.98 Å². The van der Waals surface area contributed by atoms with E-state index in [4.69, 9.17) is 5.73 Å². The molecule has 1 saturated heterocycles. The number of nitrogens with one attached hydrogen (secondary N) is 1. The third-order valence-corrected chi connectivity index (χ3v) is 4.10. The lowest BCUT2D eigenvalue weighted by atomic mass is 10.0. The molecule has 1 aromatic heterocycles. The number of fused-ring (bicyclic) bond motifs is 1. The van der Waals surface area contributed by atoms with Gasteiger partial charge in [0.05, 0.1) is 11.1 Å². The predicted octanol–water partition coefficient (Wildman–Crippen LogP) is 1.00. The molecule has 1 aliphatic rings. The van der Waals surface area contributed by atoms with Crippen LogP contribution in [0.25, 0.3) is 10.9 Å². The number of benzene rings is 1. The first-order valence-corrected chi connectivity index (χ1v) is 7.34. The fourth-order valence-corrected chi connectivity index (χ4v) is 3.05. The molecule has 0 radical (unpaired) electrons. The third kappa shape index (κ3) is 3.08. The molecule has 1 fully saturated rings. The number of carbonyl (C=O) groups is 2. The van der Waals surface area contributed by atoms with E-state index < -0.39 is 11.4 Å². The number of halogens is 1. The van der Waals surface area contributed by atoms with Gasteiger partial charge < -0.3 is 15.6 Å². The molecule has 6 nitrogen and oxygen atoms in total. The van der Waals surface area contributed by atoms with E-state index in [1.807, 2.05) is 0 Å². The number of hydrogen-bond donors (Lipinski definition) is 2. The first-order valence-electron chi connectivity index (χ1n) is 7.34. The van der Waals surface area contributed by atoms with Crippen molar-refractivity contribution in [2.45, 2.75) is 12.8 Å². The Labute approximate surface area is 131 Å². The maximum atomic E-state index is 13.3. The molecule has 3 N–H and O–H groups in total. The molecule has 0 spiro atoms. The highest BCUT2D eigenvalue weighted by Gasteiger charge is 2.29. The molecule has 2 heterocycles. The molecule has 23 heavy (non-hydrogen) atoms. The van der Waals surface area contributed by atoms with E-state index in [0.29, 0.717) is 24.9 Å². The summed E-state index contributed by atoms with van der Waals surface area (Å²) in [5.74, 6) is -1.12. The summed E-state index contributed by atoms with van der Waals surface area (Å²) in [7, 11) is 0. The van der Waals surface area contributed by atoms with Crippen LogP contribution in [-0.2, 0) is 4.79 Å². The van der Waals surface area contributed by atoms with Crippen molar-refractivity contribution >= 4 is 22.7 Å². The van der Waals surface area contributed by atoms with E-state index >= 15 is 0 Å². The summed E-state index contributed by atoms with van der Waals surface area (Å²) in [4.78, 5) is 39.5. The number of nitrogens with two attached hydrogens (primary N) is 1. The average Bonchev–Trinajstić information content (AvgIpc) is 2.92. The lowest BCUT2D eigenvalue weighted by Crippen LogP contribution is -2.30. The van der Waals surface area contributed by atoms with Crippen molar-refractivity contribution in [2.24, 2.45) is 11.7 Å². The number of carbonyl (C=O) groups excluding carboxylic acids is 2. The summed E-state index contributed by atoms with van der Waals surface area (Å²) in [6.45, 7) is 0.934. The minimum Gasteiger partial charge on any atom is -0.370 e. The summed E-state index contributed by atoms with van der Waals surface area (Å²) >= 11 is 0. The number of hydrogen-bond acceptors (Lipinski definition) is 3. The zero-order chi connectivity index (χ0) is 16.6. The first-order chi connectivity index (χ1) is 10.9. The van der Waals surface area contributed by atoms with E-state index in [0.717, 1.165) is 0 Å². The highest BCUT2D eigenvalue weighted by atomic mass is 19.1. The van der Waals surface area contributed by atoms with Crippen molar-refractivity contribution in [3.05, 3.63) is 46.0 Å². The van der Waals surface area contributed by atoms with Crippen LogP contribution in [0.4, 0.5) is 4.39 Å². The highest BCUT2D eigenvalue weighted by Crippen LogP contribution is 2.24. The van der Waals surface area contributed by atoms with Gasteiger partial charge >= 0.3 is 0 Å². The Morgan fingerprint density at radius 1 is 1.35 bits per heavy atom.